The lowest BCUT2D eigenvalue weighted by Gasteiger charge is -2.34. The molecule has 4 nitrogen and oxygen atoms in total. The third kappa shape index (κ3) is 2.69. The number of hydrogen-bond acceptors (Lipinski definition) is 1. The molecule has 0 aliphatic carbocycles. The van der Waals surface area contributed by atoms with E-state index in [9.17, 15) is 4.79 Å². The molecular weight excluding hydrogens is 178 g/mol. The standard InChI is InChI=1S/C10H21N3O/c1-3-9(2)12-4-6-13(7-5-12)10(14)8-11/h9H,3-8,11H2,1-2H3/p+2/t9-/m1/s1. The Bertz CT molecular complexity index is 188. The normalized spacial score (nSPS) is 20.9. The molecule has 4 N–H and O–H groups in total. The van der Waals surface area contributed by atoms with Gasteiger partial charge in [0, 0.05) is 0 Å². The zero-order valence-corrected chi connectivity index (χ0v) is 9.38. The van der Waals surface area contributed by atoms with Crippen LogP contribution in [0.1, 0.15) is 20.3 Å². The zero-order valence-electron chi connectivity index (χ0n) is 9.38. The second kappa shape index (κ2) is 5.32. The van der Waals surface area contributed by atoms with Gasteiger partial charge in [-0.15, -0.1) is 0 Å². The molecule has 1 rings (SSSR count). The maximum Gasteiger partial charge on any atom is 0.278 e. The summed E-state index contributed by atoms with van der Waals surface area (Å²) in [7, 11) is 0. The fraction of sp³-hybridized carbons (Fsp3) is 0.900. The molecule has 0 radical (unpaired) electrons. The van der Waals surface area contributed by atoms with Crippen LogP contribution in [0.15, 0.2) is 0 Å². The van der Waals surface area contributed by atoms with Crippen molar-refractivity contribution in [2.45, 2.75) is 26.3 Å². The van der Waals surface area contributed by atoms with E-state index in [1.165, 1.54) is 6.42 Å². The summed E-state index contributed by atoms with van der Waals surface area (Å²) in [5, 5.41) is 0. The maximum atomic E-state index is 11.4. The number of carbonyl (C=O) groups is 1. The Labute approximate surface area is 86.0 Å². The van der Waals surface area contributed by atoms with Crippen LogP contribution in [0.3, 0.4) is 0 Å². The highest BCUT2D eigenvalue weighted by Crippen LogP contribution is 1.91. The van der Waals surface area contributed by atoms with Crippen LogP contribution in [0.5, 0.6) is 0 Å². The van der Waals surface area contributed by atoms with Crippen LogP contribution in [0.2, 0.25) is 0 Å². The van der Waals surface area contributed by atoms with Gasteiger partial charge in [-0.3, -0.25) is 4.79 Å². The summed E-state index contributed by atoms with van der Waals surface area (Å²) in [5.74, 6) is 0.202. The SMILES string of the molecule is CC[C@@H](C)[NH+]1CCN(C(=O)C[NH3+])CC1. The van der Waals surface area contributed by atoms with E-state index >= 15 is 0 Å². The molecule has 1 amide bonds. The average molecular weight is 201 g/mol. The molecule has 0 spiro atoms. The minimum Gasteiger partial charge on any atom is -0.350 e. The zero-order chi connectivity index (χ0) is 10.6. The minimum atomic E-state index is 0.202. The molecule has 1 fully saturated rings. The highest BCUT2D eigenvalue weighted by molar-refractivity contribution is 5.76. The Balaban J connectivity index is 2.34. The smallest absolute Gasteiger partial charge is 0.278 e. The van der Waals surface area contributed by atoms with Crippen molar-refractivity contribution >= 4 is 5.91 Å². The topological polar surface area (TPSA) is 52.4 Å². The third-order valence-electron chi connectivity index (χ3n) is 3.28. The van der Waals surface area contributed by atoms with Crippen molar-refractivity contribution in [2.24, 2.45) is 0 Å². The number of nitrogens with one attached hydrogen (secondary N) is 1. The molecule has 1 saturated heterocycles. The van der Waals surface area contributed by atoms with Crippen molar-refractivity contribution in [2.75, 3.05) is 32.7 Å². The number of quaternary nitrogens is 2. The third-order valence-corrected chi connectivity index (χ3v) is 3.28. The molecule has 1 atom stereocenters. The van der Waals surface area contributed by atoms with Gasteiger partial charge in [-0.2, -0.15) is 0 Å². The summed E-state index contributed by atoms with van der Waals surface area (Å²) in [4.78, 5) is 14.9. The molecule has 0 bridgehead atoms. The molecule has 0 aromatic carbocycles. The first kappa shape index (κ1) is 11.5. The summed E-state index contributed by atoms with van der Waals surface area (Å²) >= 11 is 0. The lowest BCUT2D eigenvalue weighted by Crippen LogP contribution is -3.17. The van der Waals surface area contributed by atoms with E-state index in [0.717, 1.165) is 32.2 Å². The van der Waals surface area contributed by atoms with E-state index in [4.69, 9.17) is 0 Å². The predicted molar refractivity (Wildman–Crippen MR) is 54.8 cm³/mol. The minimum absolute atomic E-state index is 0.202. The van der Waals surface area contributed by atoms with Crippen LogP contribution in [0.25, 0.3) is 0 Å². The van der Waals surface area contributed by atoms with Gasteiger partial charge >= 0.3 is 0 Å². The quantitative estimate of drug-likeness (QED) is 0.533. The molecular formula is C10H23N3O+2. The van der Waals surface area contributed by atoms with Crippen molar-refractivity contribution in [3.63, 3.8) is 0 Å². The van der Waals surface area contributed by atoms with Crippen molar-refractivity contribution in [3.8, 4) is 0 Å². The van der Waals surface area contributed by atoms with Gasteiger partial charge in [0.2, 0.25) is 0 Å². The number of amides is 1. The van der Waals surface area contributed by atoms with E-state index in [2.05, 4.69) is 19.6 Å². The van der Waals surface area contributed by atoms with E-state index in [1.807, 2.05) is 4.90 Å². The fourth-order valence-corrected chi connectivity index (χ4v) is 1.98. The molecule has 1 aliphatic rings. The summed E-state index contributed by atoms with van der Waals surface area (Å²) < 4.78 is 0. The van der Waals surface area contributed by atoms with Crippen LogP contribution < -0.4 is 10.6 Å². The summed E-state index contributed by atoms with van der Waals surface area (Å²) in [5.41, 5.74) is 3.63. The molecule has 0 aromatic heterocycles. The lowest BCUT2D eigenvalue weighted by molar-refractivity contribution is -0.927. The number of carbonyl (C=O) groups excluding carboxylic acids is 1. The molecule has 1 aliphatic heterocycles. The second-order valence-electron chi connectivity index (χ2n) is 4.10. The monoisotopic (exact) mass is 201 g/mol. The molecule has 82 valence electrons. The van der Waals surface area contributed by atoms with Crippen LogP contribution >= 0.6 is 0 Å². The number of piperazine rings is 1. The van der Waals surface area contributed by atoms with Gasteiger partial charge in [0.05, 0.1) is 32.2 Å². The van der Waals surface area contributed by atoms with E-state index < -0.39 is 0 Å². The highest BCUT2D eigenvalue weighted by atomic mass is 16.2. The molecule has 0 unspecified atom stereocenters. The van der Waals surface area contributed by atoms with Crippen molar-refractivity contribution in [3.05, 3.63) is 0 Å². The van der Waals surface area contributed by atoms with Gasteiger partial charge < -0.3 is 15.5 Å². The van der Waals surface area contributed by atoms with Gasteiger partial charge in [-0.1, -0.05) is 6.92 Å². The number of rotatable bonds is 3. The molecule has 4 heteroatoms. The van der Waals surface area contributed by atoms with Crippen molar-refractivity contribution < 1.29 is 15.4 Å². The van der Waals surface area contributed by atoms with Crippen LogP contribution in [0, 0.1) is 0 Å². The van der Waals surface area contributed by atoms with Crippen LogP contribution in [-0.2, 0) is 4.79 Å². The Kier molecular flexibility index (Phi) is 4.35. The van der Waals surface area contributed by atoms with Crippen molar-refractivity contribution in [1.29, 1.82) is 0 Å². The first-order valence-corrected chi connectivity index (χ1v) is 5.60. The first-order chi connectivity index (χ1) is 6.69. The second-order valence-corrected chi connectivity index (χ2v) is 4.10. The average Bonchev–Trinajstić information content (AvgIpc) is 2.27. The number of nitrogens with zero attached hydrogens (tertiary/aromatic N) is 1. The van der Waals surface area contributed by atoms with E-state index in [1.54, 1.807) is 4.90 Å². The van der Waals surface area contributed by atoms with E-state index in [-0.39, 0.29) is 5.91 Å². The summed E-state index contributed by atoms with van der Waals surface area (Å²) in [6, 6.07) is 0.729. The fourth-order valence-electron chi connectivity index (χ4n) is 1.98. The number of hydrogen-bond donors (Lipinski definition) is 2. The van der Waals surface area contributed by atoms with Crippen LogP contribution in [-0.4, -0.2) is 49.6 Å². The summed E-state index contributed by atoms with van der Waals surface area (Å²) in [6.07, 6.45) is 1.22. The Morgan fingerprint density at radius 3 is 2.50 bits per heavy atom. The lowest BCUT2D eigenvalue weighted by atomic mass is 10.2. The predicted octanol–water partition coefficient (Wildman–Crippen LogP) is -2.25. The Morgan fingerprint density at radius 2 is 2.07 bits per heavy atom. The van der Waals surface area contributed by atoms with Gasteiger partial charge in [0.15, 0.2) is 6.54 Å². The maximum absolute atomic E-state index is 11.4. The molecule has 1 heterocycles. The molecule has 0 saturated carbocycles. The van der Waals surface area contributed by atoms with Gasteiger partial charge in [0.1, 0.15) is 0 Å². The Morgan fingerprint density at radius 1 is 1.50 bits per heavy atom. The van der Waals surface area contributed by atoms with E-state index in [0.29, 0.717) is 6.54 Å². The largest absolute Gasteiger partial charge is 0.350 e. The van der Waals surface area contributed by atoms with Gasteiger partial charge in [-0.05, 0) is 13.3 Å². The highest BCUT2D eigenvalue weighted by Gasteiger charge is 2.25. The molecule has 14 heavy (non-hydrogen) atoms. The summed E-state index contributed by atoms with van der Waals surface area (Å²) in [6.45, 7) is 8.93. The van der Waals surface area contributed by atoms with Crippen LogP contribution in [0.4, 0.5) is 0 Å². The van der Waals surface area contributed by atoms with Gasteiger partial charge in [0.25, 0.3) is 5.91 Å². The first-order valence-electron chi connectivity index (χ1n) is 5.60. The molecule has 0 aromatic rings. The van der Waals surface area contributed by atoms with Crippen molar-refractivity contribution in [1.82, 2.24) is 4.90 Å². The Hall–Kier alpha value is -0.610. The van der Waals surface area contributed by atoms with Gasteiger partial charge in [-0.25, -0.2) is 0 Å².